The Morgan fingerprint density at radius 2 is 2.04 bits per heavy atom. The molecule has 1 N–H and O–H groups in total. The Morgan fingerprint density at radius 3 is 2.69 bits per heavy atom. The number of amides is 1. The van der Waals surface area contributed by atoms with E-state index in [2.05, 4.69) is 5.32 Å². The molecule has 26 heavy (non-hydrogen) atoms. The van der Waals surface area contributed by atoms with Crippen LogP contribution in [0.25, 0.3) is 10.9 Å². The molecule has 1 aliphatic carbocycles. The van der Waals surface area contributed by atoms with Crippen LogP contribution in [0, 0.1) is 5.82 Å². The van der Waals surface area contributed by atoms with Gasteiger partial charge in [0.05, 0.1) is 11.1 Å². The number of carbonyl (C=O) groups is 2. The van der Waals surface area contributed by atoms with Crippen LogP contribution in [0.15, 0.2) is 47.2 Å². The van der Waals surface area contributed by atoms with Crippen molar-refractivity contribution >= 4 is 22.6 Å². The molecule has 0 saturated carbocycles. The monoisotopic (exact) mass is 354 g/mol. The minimum absolute atomic E-state index is 0.0261. The Hall–Kier alpha value is -2.69. The van der Waals surface area contributed by atoms with Crippen molar-refractivity contribution in [3.05, 3.63) is 58.6 Å². The summed E-state index contributed by atoms with van der Waals surface area (Å²) in [6.07, 6.45) is 4.20. The minimum atomic E-state index is -0.453. The molecule has 1 heterocycles. The zero-order chi connectivity index (χ0) is 19.0. The first kappa shape index (κ1) is 18.1. The highest BCUT2D eigenvalue weighted by molar-refractivity contribution is 6.07. The number of nitrogens with zero attached hydrogens (tertiary/aromatic N) is 1. The van der Waals surface area contributed by atoms with Crippen molar-refractivity contribution < 1.29 is 14.0 Å². The van der Waals surface area contributed by atoms with Gasteiger partial charge in [0, 0.05) is 36.2 Å². The molecule has 5 heteroatoms. The van der Waals surface area contributed by atoms with Crippen LogP contribution < -0.4 is 5.32 Å². The van der Waals surface area contributed by atoms with Gasteiger partial charge in [-0.2, -0.15) is 0 Å². The molecule has 3 rings (SSSR count). The lowest BCUT2D eigenvalue weighted by Gasteiger charge is -2.16. The maximum absolute atomic E-state index is 14.1. The highest BCUT2D eigenvalue weighted by atomic mass is 19.1. The summed E-state index contributed by atoms with van der Waals surface area (Å²) < 4.78 is 16.0. The molecule has 136 valence electrons. The van der Waals surface area contributed by atoms with Gasteiger partial charge in [-0.1, -0.05) is 11.6 Å². The quantitative estimate of drug-likeness (QED) is 0.889. The number of Topliss-reactive ketones (excluding diaryl/α,β-unsaturated/α-hetero) is 1. The summed E-state index contributed by atoms with van der Waals surface area (Å²) in [6.45, 7) is 7.94. The van der Waals surface area contributed by atoms with Crippen molar-refractivity contribution in [3.63, 3.8) is 0 Å². The van der Waals surface area contributed by atoms with Crippen molar-refractivity contribution in [2.24, 2.45) is 0 Å². The van der Waals surface area contributed by atoms with Crippen LogP contribution >= 0.6 is 0 Å². The van der Waals surface area contributed by atoms with Gasteiger partial charge in [0.15, 0.2) is 5.78 Å². The third kappa shape index (κ3) is 3.34. The molecule has 0 aliphatic heterocycles. The van der Waals surface area contributed by atoms with Crippen LogP contribution in [-0.2, 0) is 4.79 Å². The van der Waals surface area contributed by atoms with E-state index in [1.165, 1.54) is 12.1 Å². The fraction of sp³-hybridized carbons (Fsp3) is 0.333. The van der Waals surface area contributed by atoms with Crippen LogP contribution in [0.2, 0.25) is 0 Å². The van der Waals surface area contributed by atoms with E-state index < -0.39 is 5.82 Å². The van der Waals surface area contributed by atoms with E-state index in [4.69, 9.17) is 0 Å². The summed E-state index contributed by atoms with van der Waals surface area (Å²) in [4.78, 5) is 24.9. The fourth-order valence-electron chi connectivity index (χ4n) is 3.46. The molecule has 0 fully saturated rings. The van der Waals surface area contributed by atoms with Gasteiger partial charge < -0.3 is 9.88 Å². The average molecular weight is 354 g/mol. The standard InChI is InChI=1S/C21H23FN2O2/c1-12(2)24-6-5-16-17(9-15(22)10-19(16)24)21(26)23-11-18-14(4)7-13(3)8-20(18)25/h5-7,9-10,12H,8,11H2,1-4H3,(H,23,26). The largest absolute Gasteiger partial charge is 0.348 e. The van der Waals surface area contributed by atoms with Gasteiger partial charge in [0.25, 0.3) is 5.91 Å². The lowest BCUT2D eigenvalue weighted by Crippen LogP contribution is -2.29. The molecule has 0 saturated heterocycles. The number of nitrogens with one attached hydrogen (secondary N) is 1. The summed E-state index contributed by atoms with van der Waals surface area (Å²) >= 11 is 0. The number of aromatic nitrogens is 1. The molecule has 1 aromatic carbocycles. The van der Waals surface area contributed by atoms with Crippen LogP contribution in [0.4, 0.5) is 4.39 Å². The number of halogens is 1. The highest BCUT2D eigenvalue weighted by Gasteiger charge is 2.20. The second kappa shape index (κ2) is 6.90. The number of rotatable bonds is 4. The second-order valence-electron chi connectivity index (χ2n) is 7.14. The van der Waals surface area contributed by atoms with E-state index in [0.717, 1.165) is 11.1 Å². The summed E-state index contributed by atoms with van der Waals surface area (Å²) in [5, 5.41) is 3.48. The van der Waals surface area contributed by atoms with E-state index in [9.17, 15) is 14.0 Å². The van der Waals surface area contributed by atoms with Gasteiger partial charge in [-0.05, 0) is 51.5 Å². The maximum atomic E-state index is 14.1. The average Bonchev–Trinajstić information content (AvgIpc) is 2.96. The SMILES string of the molecule is CC1=CC(C)=C(CNC(=O)c2cc(F)cc3c2ccn3C(C)C)C(=O)C1. The zero-order valence-corrected chi connectivity index (χ0v) is 15.5. The Balaban J connectivity index is 1.89. The molecule has 0 bridgehead atoms. The molecule has 0 radical (unpaired) electrons. The van der Waals surface area contributed by atoms with Gasteiger partial charge in [0.1, 0.15) is 5.82 Å². The van der Waals surface area contributed by atoms with Gasteiger partial charge >= 0.3 is 0 Å². The van der Waals surface area contributed by atoms with Crippen molar-refractivity contribution in [1.82, 2.24) is 9.88 Å². The van der Waals surface area contributed by atoms with E-state index in [-0.39, 0.29) is 29.8 Å². The molecule has 4 nitrogen and oxygen atoms in total. The summed E-state index contributed by atoms with van der Waals surface area (Å²) in [5.41, 5.74) is 3.47. The van der Waals surface area contributed by atoms with E-state index in [1.54, 1.807) is 0 Å². The summed E-state index contributed by atoms with van der Waals surface area (Å²) in [6, 6.07) is 4.67. The van der Waals surface area contributed by atoms with Gasteiger partial charge in [-0.3, -0.25) is 9.59 Å². The molecule has 0 unspecified atom stereocenters. The Morgan fingerprint density at radius 1 is 1.31 bits per heavy atom. The first-order valence-electron chi connectivity index (χ1n) is 8.76. The predicted octanol–water partition coefficient (Wildman–Crippen LogP) is 4.33. The fourth-order valence-corrected chi connectivity index (χ4v) is 3.46. The van der Waals surface area contributed by atoms with Crippen molar-refractivity contribution in [1.29, 1.82) is 0 Å². The Labute approximate surface area is 152 Å². The van der Waals surface area contributed by atoms with Crippen LogP contribution in [0.1, 0.15) is 50.5 Å². The van der Waals surface area contributed by atoms with E-state index in [1.807, 2.05) is 50.6 Å². The Bertz CT molecular complexity index is 964. The number of carbonyl (C=O) groups excluding carboxylic acids is 2. The van der Waals surface area contributed by atoms with Gasteiger partial charge in [0.2, 0.25) is 0 Å². The molecule has 1 aliphatic rings. The minimum Gasteiger partial charge on any atom is -0.348 e. The smallest absolute Gasteiger partial charge is 0.252 e. The first-order valence-corrected chi connectivity index (χ1v) is 8.76. The van der Waals surface area contributed by atoms with Gasteiger partial charge in [-0.25, -0.2) is 4.39 Å². The van der Waals surface area contributed by atoms with Crippen molar-refractivity contribution in [2.45, 2.75) is 40.2 Å². The number of hydrogen-bond acceptors (Lipinski definition) is 2. The molecule has 1 aromatic heterocycles. The molecular formula is C21H23FN2O2. The van der Waals surface area contributed by atoms with Crippen LogP contribution in [-0.4, -0.2) is 22.8 Å². The van der Waals surface area contributed by atoms with Crippen LogP contribution in [0.5, 0.6) is 0 Å². The third-order valence-corrected chi connectivity index (χ3v) is 4.74. The first-order chi connectivity index (χ1) is 12.3. The number of fused-ring (bicyclic) bond motifs is 1. The molecule has 0 spiro atoms. The third-order valence-electron chi connectivity index (χ3n) is 4.74. The van der Waals surface area contributed by atoms with Crippen molar-refractivity contribution in [3.8, 4) is 0 Å². The number of allylic oxidation sites excluding steroid dienone is 3. The van der Waals surface area contributed by atoms with Crippen molar-refractivity contribution in [2.75, 3.05) is 6.54 Å². The van der Waals surface area contributed by atoms with Gasteiger partial charge in [-0.15, -0.1) is 0 Å². The van der Waals surface area contributed by atoms with E-state index >= 15 is 0 Å². The number of benzene rings is 1. The topological polar surface area (TPSA) is 51.1 Å². The van der Waals surface area contributed by atoms with Crippen LogP contribution in [0.3, 0.4) is 0 Å². The zero-order valence-electron chi connectivity index (χ0n) is 15.5. The van der Waals surface area contributed by atoms with E-state index in [0.29, 0.717) is 22.9 Å². The summed E-state index contributed by atoms with van der Waals surface area (Å²) in [7, 11) is 0. The maximum Gasteiger partial charge on any atom is 0.252 e. The predicted molar refractivity (Wildman–Crippen MR) is 101 cm³/mol. The molecule has 1 amide bonds. The number of hydrogen-bond donors (Lipinski definition) is 1. The molecule has 2 aromatic rings. The highest BCUT2D eigenvalue weighted by Crippen LogP contribution is 2.25. The normalized spacial score (nSPS) is 15.0. The second-order valence-corrected chi connectivity index (χ2v) is 7.14. The number of ketones is 1. The summed E-state index contributed by atoms with van der Waals surface area (Å²) in [5.74, 6) is -0.806. The lowest BCUT2D eigenvalue weighted by atomic mass is 9.92. The molecule has 0 atom stereocenters. The molecular weight excluding hydrogens is 331 g/mol. The lowest BCUT2D eigenvalue weighted by molar-refractivity contribution is -0.115. The Kier molecular flexibility index (Phi) is 4.81.